The molecule has 0 aliphatic heterocycles. The molecular weight excluding hydrogens is 422 g/mol. The lowest BCUT2D eigenvalue weighted by Gasteiger charge is -2.19. The second kappa shape index (κ2) is 10.3. The average Bonchev–Trinajstić information content (AvgIpc) is 3.66. The van der Waals surface area contributed by atoms with Crippen molar-refractivity contribution in [2.24, 2.45) is 0 Å². The first-order valence-corrected chi connectivity index (χ1v) is 11.5. The maximum atomic E-state index is 9.04. The summed E-state index contributed by atoms with van der Waals surface area (Å²) in [6.07, 6.45) is 3.63. The molecule has 1 aliphatic rings. The fraction of sp³-hybridized carbons (Fsp3) is 0.286. The van der Waals surface area contributed by atoms with Gasteiger partial charge in [-0.05, 0) is 80.1 Å². The van der Waals surface area contributed by atoms with Crippen molar-refractivity contribution in [2.75, 3.05) is 11.1 Å². The van der Waals surface area contributed by atoms with Gasteiger partial charge in [0.05, 0.1) is 29.1 Å². The van der Waals surface area contributed by atoms with Crippen LogP contribution < -0.4 is 21.1 Å². The molecule has 6 heteroatoms. The first kappa shape index (κ1) is 23.2. The zero-order valence-corrected chi connectivity index (χ0v) is 19.6. The molecule has 3 aromatic carbocycles. The highest BCUT2D eigenvalue weighted by molar-refractivity contribution is 5.76. The van der Waals surface area contributed by atoms with E-state index in [4.69, 9.17) is 21.0 Å². The largest absolute Gasteiger partial charge is 0.456 e. The van der Waals surface area contributed by atoms with Gasteiger partial charge in [-0.1, -0.05) is 12.1 Å². The number of nitrogens with one attached hydrogen (secondary N) is 2. The van der Waals surface area contributed by atoms with Crippen molar-refractivity contribution in [3.05, 3.63) is 76.3 Å². The third-order valence-corrected chi connectivity index (χ3v) is 5.94. The molecule has 0 aromatic heterocycles. The van der Waals surface area contributed by atoms with Crippen LogP contribution >= 0.6 is 0 Å². The van der Waals surface area contributed by atoms with Crippen molar-refractivity contribution < 1.29 is 4.74 Å². The number of rotatable bonds is 9. The first-order chi connectivity index (χ1) is 16.5. The predicted molar refractivity (Wildman–Crippen MR) is 135 cm³/mol. The van der Waals surface area contributed by atoms with Gasteiger partial charge in [-0.2, -0.15) is 10.5 Å². The number of nitrogens with zero attached hydrogens (tertiary/aromatic N) is 2. The Morgan fingerprint density at radius 3 is 2.35 bits per heavy atom. The maximum Gasteiger partial charge on any atom is 0.134 e. The molecule has 1 saturated carbocycles. The Kier molecular flexibility index (Phi) is 7.01. The van der Waals surface area contributed by atoms with E-state index in [1.807, 2.05) is 38.1 Å². The molecule has 3 aromatic rings. The minimum atomic E-state index is 0.498. The van der Waals surface area contributed by atoms with Crippen molar-refractivity contribution in [3.63, 3.8) is 0 Å². The van der Waals surface area contributed by atoms with Crippen LogP contribution in [0.4, 0.5) is 17.1 Å². The summed E-state index contributed by atoms with van der Waals surface area (Å²) in [5.74, 6) is 1.57. The second-order valence-electron chi connectivity index (χ2n) is 8.84. The van der Waals surface area contributed by atoms with Crippen LogP contribution in [0.3, 0.4) is 0 Å². The molecule has 4 rings (SSSR count). The summed E-state index contributed by atoms with van der Waals surface area (Å²) < 4.78 is 6.51. The number of anilines is 3. The lowest BCUT2D eigenvalue weighted by Crippen LogP contribution is -2.16. The molecule has 0 unspecified atom stereocenters. The van der Waals surface area contributed by atoms with Gasteiger partial charge < -0.3 is 21.1 Å². The van der Waals surface area contributed by atoms with Gasteiger partial charge in [-0.3, -0.25) is 0 Å². The van der Waals surface area contributed by atoms with Crippen molar-refractivity contribution in [3.8, 4) is 23.6 Å². The third-order valence-electron chi connectivity index (χ3n) is 5.94. The molecule has 172 valence electrons. The topological polar surface area (TPSA) is 107 Å². The van der Waals surface area contributed by atoms with Crippen LogP contribution in [0.2, 0.25) is 0 Å². The molecule has 0 saturated heterocycles. The number of aryl methyl sites for hydroxylation is 3. The summed E-state index contributed by atoms with van der Waals surface area (Å²) in [5, 5.41) is 24.9. The molecule has 4 N–H and O–H groups in total. The van der Waals surface area contributed by atoms with E-state index in [2.05, 4.69) is 34.9 Å². The zero-order valence-electron chi connectivity index (χ0n) is 19.6. The normalized spacial score (nSPS) is 12.6. The molecule has 0 spiro atoms. The summed E-state index contributed by atoms with van der Waals surface area (Å²) >= 11 is 0. The third kappa shape index (κ3) is 5.67. The van der Waals surface area contributed by atoms with Crippen LogP contribution in [0.15, 0.2) is 48.5 Å². The summed E-state index contributed by atoms with van der Waals surface area (Å²) in [5.41, 5.74) is 13.4. The summed E-state index contributed by atoms with van der Waals surface area (Å²) in [7, 11) is 0. The van der Waals surface area contributed by atoms with Gasteiger partial charge in [0.15, 0.2) is 0 Å². The van der Waals surface area contributed by atoms with Crippen LogP contribution in [-0.4, -0.2) is 6.04 Å². The predicted octanol–water partition coefficient (Wildman–Crippen LogP) is 6.00. The van der Waals surface area contributed by atoms with E-state index in [0.717, 1.165) is 51.5 Å². The summed E-state index contributed by atoms with van der Waals surface area (Å²) in [6, 6.07) is 20.2. The molecule has 0 bridgehead atoms. The van der Waals surface area contributed by atoms with E-state index in [-0.39, 0.29) is 0 Å². The minimum Gasteiger partial charge on any atom is -0.456 e. The van der Waals surface area contributed by atoms with Crippen LogP contribution in [-0.2, 0) is 13.0 Å². The van der Waals surface area contributed by atoms with Gasteiger partial charge in [0.25, 0.3) is 0 Å². The van der Waals surface area contributed by atoms with Gasteiger partial charge in [0.1, 0.15) is 11.5 Å². The number of benzene rings is 3. The highest BCUT2D eigenvalue weighted by Crippen LogP contribution is 2.37. The Balaban J connectivity index is 1.65. The Morgan fingerprint density at radius 1 is 1.03 bits per heavy atom. The van der Waals surface area contributed by atoms with Gasteiger partial charge in [0, 0.05) is 36.3 Å². The highest BCUT2D eigenvalue weighted by Gasteiger charge is 2.21. The van der Waals surface area contributed by atoms with E-state index in [1.165, 1.54) is 12.8 Å². The van der Waals surface area contributed by atoms with E-state index >= 15 is 0 Å². The van der Waals surface area contributed by atoms with Crippen molar-refractivity contribution in [1.29, 1.82) is 10.5 Å². The molecule has 0 amide bonds. The molecule has 6 nitrogen and oxygen atoms in total. The van der Waals surface area contributed by atoms with Crippen LogP contribution in [0.1, 0.15) is 47.1 Å². The molecule has 34 heavy (non-hydrogen) atoms. The Morgan fingerprint density at radius 2 is 1.74 bits per heavy atom. The van der Waals surface area contributed by atoms with E-state index < -0.39 is 0 Å². The number of hydrogen-bond acceptors (Lipinski definition) is 6. The maximum absolute atomic E-state index is 9.04. The van der Waals surface area contributed by atoms with Crippen LogP contribution in [0.25, 0.3) is 0 Å². The molecular formula is C28H29N5O. The van der Waals surface area contributed by atoms with Crippen molar-refractivity contribution in [2.45, 2.75) is 52.1 Å². The fourth-order valence-corrected chi connectivity index (χ4v) is 3.97. The molecule has 0 heterocycles. The highest BCUT2D eigenvalue weighted by atomic mass is 16.5. The molecule has 1 fully saturated rings. The number of nitriles is 2. The minimum absolute atomic E-state index is 0.498. The Bertz CT molecular complexity index is 1240. The number of ether oxygens (including phenoxy) is 1. The monoisotopic (exact) mass is 451 g/mol. The summed E-state index contributed by atoms with van der Waals surface area (Å²) in [4.78, 5) is 0. The van der Waals surface area contributed by atoms with E-state index in [0.29, 0.717) is 30.3 Å². The van der Waals surface area contributed by atoms with Crippen molar-refractivity contribution in [1.82, 2.24) is 5.32 Å². The molecule has 0 atom stereocenters. The van der Waals surface area contributed by atoms with Crippen molar-refractivity contribution >= 4 is 17.1 Å². The van der Waals surface area contributed by atoms with Crippen LogP contribution in [0.5, 0.6) is 11.5 Å². The Labute approximate surface area is 201 Å². The summed E-state index contributed by atoms with van der Waals surface area (Å²) in [6.45, 7) is 4.75. The van der Waals surface area contributed by atoms with E-state index in [9.17, 15) is 0 Å². The van der Waals surface area contributed by atoms with Gasteiger partial charge in [-0.25, -0.2) is 0 Å². The van der Waals surface area contributed by atoms with Gasteiger partial charge in [0.2, 0.25) is 0 Å². The quantitative estimate of drug-likeness (QED) is 0.344. The fourth-order valence-electron chi connectivity index (χ4n) is 3.97. The van der Waals surface area contributed by atoms with Crippen LogP contribution in [0, 0.1) is 36.5 Å². The van der Waals surface area contributed by atoms with Gasteiger partial charge >= 0.3 is 0 Å². The smallest absolute Gasteiger partial charge is 0.134 e. The average molecular weight is 452 g/mol. The van der Waals surface area contributed by atoms with Gasteiger partial charge in [-0.15, -0.1) is 0 Å². The zero-order chi connectivity index (χ0) is 24.1. The standard InChI is InChI=1S/C28H29N5O/c1-18-12-21(4-3-11-29)13-19(2)28(18)34-27-15-26(33-24-7-5-20(16-30)6-8-24)25(31)14-22(27)17-32-23-9-10-23/h5-8,12-15,23,32-33H,3-4,9-10,17,31H2,1-2H3. The van der Waals surface area contributed by atoms with E-state index in [1.54, 1.807) is 12.1 Å². The number of nitrogens with two attached hydrogens (primary N) is 1. The Hall–Kier alpha value is -4.00. The molecule has 0 radical (unpaired) electrons. The number of nitrogen functional groups attached to an aromatic ring is 1. The first-order valence-electron chi connectivity index (χ1n) is 11.5. The lowest BCUT2D eigenvalue weighted by molar-refractivity contribution is 0.465. The number of hydrogen-bond donors (Lipinski definition) is 3. The lowest BCUT2D eigenvalue weighted by atomic mass is 10.0. The SMILES string of the molecule is Cc1cc(CCC#N)cc(C)c1Oc1cc(Nc2ccc(C#N)cc2)c(N)cc1CNC1CC1. The molecule has 1 aliphatic carbocycles. The second-order valence-corrected chi connectivity index (χ2v) is 8.84.